The lowest BCUT2D eigenvalue weighted by atomic mass is 9.99. The highest BCUT2D eigenvalue weighted by atomic mass is 19.1. The van der Waals surface area contributed by atoms with Crippen LogP contribution in [0.25, 0.3) is 11.3 Å². The third-order valence-corrected chi connectivity index (χ3v) is 7.07. The van der Waals surface area contributed by atoms with E-state index >= 15 is 0 Å². The molecule has 0 saturated carbocycles. The molecule has 38 heavy (non-hydrogen) atoms. The number of carbonyl (C=O) groups is 2. The quantitative estimate of drug-likeness (QED) is 0.504. The molecule has 3 aliphatic rings. The molecule has 3 aromatic carbocycles. The minimum atomic E-state index is -0.426. The molecule has 194 valence electrons. The number of nitrogens with one attached hydrogen (secondary N) is 2. The minimum absolute atomic E-state index is 0.119. The molecule has 0 atom stereocenters. The maximum Gasteiger partial charge on any atom is 0.258 e. The van der Waals surface area contributed by atoms with Crippen molar-refractivity contribution < 1.29 is 23.5 Å². The Labute approximate surface area is 219 Å². The van der Waals surface area contributed by atoms with Gasteiger partial charge in [0.2, 0.25) is 12.7 Å². The molecule has 1 fully saturated rings. The molecule has 0 spiro atoms. The molecule has 0 aromatic heterocycles. The number of amides is 2. The molecular formula is C29H27FN4O4. The second kappa shape index (κ2) is 9.83. The van der Waals surface area contributed by atoms with Crippen molar-refractivity contribution >= 4 is 34.5 Å². The number of anilines is 2. The summed E-state index contributed by atoms with van der Waals surface area (Å²) in [5, 5.41) is 6.15. The standard InChI is InChI=1S/C29H27FN4O4/c1-33-10-12-34(13-11-33)26(35)14-18-2-6-21(7-3-18)31-28(19-4-9-24-25(15-19)38-17-37-24)27-22-8-5-20(30)16-23(22)32-29(27)36/h2-9,15-16,31H,10-14,17H2,1H3,(H,32,36)/b28-27-. The first kappa shape index (κ1) is 24.0. The van der Waals surface area contributed by atoms with Gasteiger partial charge in [-0.2, -0.15) is 0 Å². The Hall–Kier alpha value is -4.37. The number of nitrogens with zero attached hydrogens (tertiary/aromatic N) is 2. The summed E-state index contributed by atoms with van der Waals surface area (Å²) in [6, 6.07) is 17.3. The van der Waals surface area contributed by atoms with Crippen LogP contribution in [0.15, 0.2) is 60.7 Å². The number of rotatable bonds is 5. The fourth-order valence-electron chi connectivity index (χ4n) is 4.92. The lowest BCUT2D eigenvalue weighted by molar-refractivity contribution is -0.132. The molecule has 0 bridgehead atoms. The van der Waals surface area contributed by atoms with Crippen LogP contribution in [0.3, 0.4) is 0 Å². The molecule has 0 radical (unpaired) electrons. The summed E-state index contributed by atoms with van der Waals surface area (Å²) in [7, 11) is 2.06. The van der Waals surface area contributed by atoms with Gasteiger partial charge in [0.25, 0.3) is 5.91 Å². The summed E-state index contributed by atoms with van der Waals surface area (Å²) in [5.41, 5.74) is 4.33. The number of fused-ring (bicyclic) bond motifs is 2. The molecule has 2 N–H and O–H groups in total. The molecule has 6 rings (SSSR count). The fraction of sp³-hybridized carbons (Fsp3) is 0.241. The Bertz CT molecular complexity index is 1450. The van der Waals surface area contributed by atoms with Gasteiger partial charge in [0.05, 0.1) is 23.4 Å². The summed E-state index contributed by atoms with van der Waals surface area (Å²) in [6.07, 6.45) is 0.335. The fourth-order valence-corrected chi connectivity index (χ4v) is 4.92. The van der Waals surface area contributed by atoms with E-state index in [1.807, 2.05) is 41.3 Å². The highest BCUT2D eigenvalue weighted by molar-refractivity contribution is 6.37. The number of piperazine rings is 1. The molecular weight excluding hydrogens is 487 g/mol. The predicted molar refractivity (Wildman–Crippen MR) is 142 cm³/mol. The molecule has 9 heteroatoms. The van der Waals surface area contributed by atoms with Gasteiger partial charge in [-0.1, -0.05) is 12.1 Å². The highest BCUT2D eigenvalue weighted by Crippen LogP contribution is 2.40. The zero-order valence-electron chi connectivity index (χ0n) is 20.9. The number of ether oxygens (including phenoxy) is 2. The van der Waals surface area contributed by atoms with Crippen LogP contribution in [-0.2, 0) is 16.0 Å². The maximum absolute atomic E-state index is 13.9. The number of benzene rings is 3. The zero-order chi connectivity index (χ0) is 26.2. The summed E-state index contributed by atoms with van der Waals surface area (Å²) in [5.74, 6) is 0.571. The van der Waals surface area contributed by atoms with Crippen molar-refractivity contribution in [3.8, 4) is 11.5 Å². The molecule has 3 aliphatic heterocycles. The van der Waals surface area contributed by atoms with Crippen molar-refractivity contribution in [1.82, 2.24) is 9.80 Å². The second-order valence-electron chi connectivity index (χ2n) is 9.64. The number of hydrogen-bond acceptors (Lipinski definition) is 6. The van der Waals surface area contributed by atoms with E-state index in [1.165, 1.54) is 12.1 Å². The van der Waals surface area contributed by atoms with E-state index in [0.717, 1.165) is 37.4 Å². The van der Waals surface area contributed by atoms with Gasteiger partial charge in [-0.3, -0.25) is 9.59 Å². The van der Waals surface area contributed by atoms with Crippen LogP contribution in [-0.4, -0.2) is 61.6 Å². The Kier molecular flexibility index (Phi) is 6.21. The summed E-state index contributed by atoms with van der Waals surface area (Å²) >= 11 is 0. The third kappa shape index (κ3) is 4.68. The van der Waals surface area contributed by atoms with E-state index in [9.17, 15) is 14.0 Å². The van der Waals surface area contributed by atoms with Crippen molar-refractivity contribution in [1.29, 1.82) is 0 Å². The molecule has 0 unspecified atom stereocenters. The monoisotopic (exact) mass is 514 g/mol. The molecule has 1 saturated heterocycles. The zero-order valence-corrected chi connectivity index (χ0v) is 20.9. The van der Waals surface area contributed by atoms with Gasteiger partial charge < -0.3 is 29.9 Å². The molecule has 0 aliphatic carbocycles. The minimum Gasteiger partial charge on any atom is -0.454 e. The number of hydrogen-bond donors (Lipinski definition) is 2. The van der Waals surface area contributed by atoms with Crippen LogP contribution < -0.4 is 20.1 Å². The van der Waals surface area contributed by atoms with E-state index < -0.39 is 5.82 Å². The SMILES string of the molecule is CN1CCN(C(=O)Cc2ccc(N/C(=C3\C(=O)Nc4cc(F)ccc43)c3ccc4c(c3)OCO4)cc2)CC1. The lowest BCUT2D eigenvalue weighted by Gasteiger charge is -2.32. The Morgan fingerprint density at radius 2 is 1.74 bits per heavy atom. The summed E-state index contributed by atoms with van der Waals surface area (Å²) in [4.78, 5) is 30.0. The van der Waals surface area contributed by atoms with Crippen molar-refractivity contribution in [2.24, 2.45) is 0 Å². The van der Waals surface area contributed by atoms with Gasteiger partial charge in [0.1, 0.15) is 5.82 Å². The van der Waals surface area contributed by atoms with Gasteiger partial charge in [0, 0.05) is 43.0 Å². The predicted octanol–water partition coefficient (Wildman–Crippen LogP) is 3.80. The van der Waals surface area contributed by atoms with E-state index in [4.69, 9.17) is 9.47 Å². The van der Waals surface area contributed by atoms with Crippen molar-refractivity contribution in [2.45, 2.75) is 6.42 Å². The largest absolute Gasteiger partial charge is 0.454 e. The van der Waals surface area contributed by atoms with Gasteiger partial charge in [-0.15, -0.1) is 0 Å². The van der Waals surface area contributed by atoms with Gasteiger partial charge in [-0.05, 0) is 61.1 Å². The molecule has 3 aromatic rings. The topological polar surface area (TPSA) is 83.1 Å². The van der Waals surface area contributed by atoms with Crippen LogP contribution in [0.5, 0.6) is 11.5 Å². The van der Waals surface area contributed by atoms with Crippen LogP contribution >= 0.6 is 0 Å². The highest BCUT2D eigenvalue weighted by Gasteiger charge is 2.29. The van der Waals surface area contributed by atoms with Crippen LogP contribution in [0, 0.1) is 5.82 Å². The second-order valence-corrected chi connectivity index (χ2v) is 9.64. The normalized spacial score (nSPS) is 17.7. The summed E-state index contributed by atoms with van der Waals surface area (Å²) < 4.78 is 24.9. The molecule has 8 nitrogen and oxygen atoms in total. The van der Waals surface area contributed by atoms with Crippen molar-refractivity contribution in [3.05, 3.63) is 83.2 Å². The van der Waals surface area contributed by atoms with Gasteiger partial charge >= 0.3 is 0 Å². The van der Waals surface area contributed by atoms with Gasteiger partial charge in [0.15, 0.2) is 11.5 Å². The third-order valence-electron chi connectivity index (χ3n) is 7.07. The molecule has 3 heterocycles. The lowest BCUT2D eigenvalue weighted by Crippen LogP contribution is -2.47. The van der Waals surface area contributed by atoms with E-state index in [-0.39, 0.29) is 18.6 Å². The Morgan fingerprint density at radius 3 is 2.53 bits per heavy atom. The van der Waals surface area contributed by atoms with Crippen LogP contribution in [0.1, 0.15) is 16.7 Å². The number of halogens is 1. The van der Waals surface area contributed by atoms with Crippen molar-refractivity contribution in [2.75, 3.05) is 50.7 Å². The number of carbonyl (C=O) groups excluding carboxylic acids is 2. The Balaban J connectivity index is 1.30. The summed E-state index contributed by atoms with van der Waals surface area (Å²) in [6.45, 7) is 3.39. The average molecular weight is 515 g/mol. The van der Waals surface area contributed by atoms with Gasteiger partial charge in [-0.25, -0.2) is 4.39 Å². The first-order valence-electron chi connectivity index (χ1n) is 12.5. The van der Waals surface area contributed by atoms with Crippen molar-refractivity contribution in [3.63, 3.8) is 0 Å². The number of likely N-dealkylation sites (N-methyl/N-ethyl adjacent to an activating group) is 1. The average Bonchev–Trinajstić information content (AvgIpc) is 3.51. The van der Waals surface area contributed by atoms with Crippen LogP contribution in [0.2, 0.25) is 0 Å². The van der Waals surface area contributed by atoms with E-state index in [1.54, 1.807) is 12.1 Å². The first-order valence-corrected chi connectivity index (χ1v) is 12.5. The maximum atomic E-state index is 13.9. The molecule has 2 amide bonds. The van der Waals surface area contributed by atoms with E-state index in [0.29, 0.717) is 46.0 Å². The Morgan fingerprint density at radius 1 is 0.974 bits per heavy atom. The van der Waals surface area contributed by atoms with Crippen LogP contribution in [0.4, 0.5) is 15.8 Å². The first-order chi connectivity index (χ1) is 18.4. The smallest absolute Gasteiger partial charge is 0.258 e. The van der Waals surface area contributed by atoms with E-state index in [2.05, 4.69) is 22.6 Å².